The number of esters is 1. The number of aryl methyl sites for hydroxylation is 1. The van der Waals surface area contributed by atoms with Crippen molar-refractivity contribution in [2.75, 3.05) is 12.9 Å². The van der Waals surface area contributed by atoms with Crippen molar-refractivity contribution >= 4 is 21.9 Å². The summed E-state index contributed by atoms with van der Waals surface area (Å²) >= 11 is 0. The lowest BCUT2D eigenvalue weighted by Crippen LogP contribution is -2.49. The van der Waals surface area contributed by atoms with Gasteiger partial charge in [0, 0.05) is 19.5 Å². The van der Waals surface area contributed by atoms with Crippen LogP contribution < -0.4 is 5.32 Å². The van der Waals surface area contributed by atoms with Crippen LogP contribution in [0.1, 0.15) is 22.3 Å². The Morgan fingerprint density at radius 2 is 1.76 bits per heavy atom. The van der Waals surface area contributed by atoms with Crippen molar-refractivity contribution in [2.45, 2.75) is 32.5 Å². The summed E-state index contributed by atoms with van der Waals surface area (Å²) in [4.78, 5) is 24.7. The molecule has 3 rings (SSSR count). The van der Waals surface area contributed by atoms with Gasteiger partial charge in [-0.15, -0.1) is 0 Å². The molecular weight excluding hydrogens is 392 g/mol. The third-order valence-electron chi connectivity index (χ3n) is 4.99. The fraction of sp³-hybridized carbons (Fsp3) is 0.333. The second-order valence-electron chi connectivity index (χ2n) is 7.11. The molecule has 1 aliphatic rings. The Morgan fingerprint density at radius 3 is 2.45 bits per heavy atom. The molecule has 1 N–H and O–H groups in total. The molecule has 0 unspecified atom stereocenters. The summed E-state index contributed by atoms with van der Waals surface area (Å²) in [5.41, 5.74) is 3.78. The van der Waals surface area contributed by atoms with Crippen LogP contribution in [0.2, 0.25) is 0 Å². The molecule has 1 amide bonds. The average molecular weight is 416 g/mol. The Kier molecular flexibility index (Phi) is 6.34. The molecule has 2 aromatic carbocycles. The summed E-state index contributed by atoms with van der Waals surface area (Å²) in [6, 6.07) is 14.1. The highest BCUT2D eigenvalue weighted by Crippen LogP contribution is 2.26. The molecule has 0 fully saturated rings. The maximum atomic E-state index is 12.6. The number of amides is 1. The summed E-state index contributed by atoms with van der Waals surface area (Å²) in [5, 5.41) is 2.71. The van der Waals surface area contributed by atoms with Crippen LogP contribution in [0.15, 0.2) is 48.5 Å². The van der Waals surface area contributed by atoms with E-state index in [1.165, 1.54) is 0 Å². The summed E-state index contributed by atoms with van der Waals surface area (Å²) in [7, 11) is -3.62. The Hall–Kier alpha value is -2.71. The number of hydrogen-bond acceptors (Lipinski definition) is 5. The molecule has 0 aromatic heterocycles. The molecule has 0 aliphatic carbocycles. The highest BCUT2D eigenvalue weighted by molar-refractivity contribution is 7.88. The van der Waals surface area contributed by atoms with Crippen LogP contribution in [0, 0.1) is 6.92 Å². The van der Waals surface area contributed by atoms with Gasteiger partial charge in [-0.25, -0.2) is 8.42 Å². The van der Waals surface area contributed by atoms with E-state index >= 15 is 0 Å². The SMILES string of the molecule is Cc1ccccc1CNC(=O)COC(=O)[C@@H]1Cc2ccccc2CN1S(C)(=O)=O. The van der Waals surface area contributed by atoms with Crippen LogP contribution in [0.4, 0.5) is 0 Å². The Bertz CT molecular complexity index is 1020. The lowest BCUT2D eigenvalue weighted by molar-refractivity contribution is -0.152. The number of carbonyl (C=O) groups excluding carboxylic acids is 2. The van der Waals surface area contributed by atoms with E-state index in [1.54, 1.807) is 0 Å². The highest BCUT2D eigenvalue weighted by atomic mass is 32.2. The van der Waals surface area contributed by atoms with Crippen molar-refractivity contribution in [2.24, 2.45) is 0 Å². The van der Waals surface area contributed by atoms with Crippen LogP contribution in [-0.4, -0.2) is 43.5 Å². The minimum Gasteiger partial charge on any atom is -0.454 e. The van der Waals surface area contributed by atoms with Gasteiger partial charge in [0.05, 0.1) is 6.26 Å². The van der Waals surface area contributed by atoms with Crippen molar-refractivity contribution in [3.05, 3.63) is 70.8 Å². The number of fused-ring (bicyclic) bond motifs is 1. The number of carbonyl (C=O) groups is 2. The van der Waals surface area contributed by atoms with Crippen LogP contribution in [0.25, 0.3) is 0 Å². The maximum Gasteiger partial charge on any atom is 0.325 e. The van der Waals surface area contributed by atoms with E-state index in [-0.39, 0.29) is 13.0 Å². The molecule has 7 nitrogen and oxygen atoms in total. The monoisotopic (exact) mass is 416 g/mol. The van der Waals surface area contributed by atoms with Gasteiger partial charge in [-0.05, 0) is 29.2 Å². The second kappa shape index (κ2) is 8.75. The van der Waals surface area contributed by atoms with Crippen molar-refractivity contribution in [3.63, 3.8) is 0 Å². The first-order valence-electron chi connectivity index (χ1n) is 9.27. The van der Waals surface area contributed by atoms with Gasteiger partial charge in [0.15, 0.2) is 6.61 Å². The van der Waals surface area contributed by atoms with Gasteiger partial charge in [0.1, 0.15) is 6.04 Å². The summed E-state index contributed by atoms with van der Waals surface area (Å²) < 4.78 is 30.6. The van der Waals surface area contributed by atoms with Gasteiger partial charge in [-0.1, -0.05) is 48.5 Å². The largest absolute Gasteiger partial charge is 0.454 e. The lowest BCUT2D eigenvalue weighted by Gasteiger charge is -2.33. The van der Waals surface area contributed by atoms with Gasteiger partial charge in [-0.3, -0.25) is 9.59 Å². The average Bonchev–Trinajstić information content (AvgIpc) is 2.69. The van der Waals surface area contributed by atoms with Crippen LogP contribution in [0.5, 0.6) is 0 Å². The zero-order valence-electron chi connectivity index (χ0n) is 16.4. The second-order valence-corrected chi connectivity index (χ2v) is 9.04. The van der Waals surface area contributed by atoms with Gasteiger partial charge in [0.2, 0.25) is 10.0 Å². The number of nitrogens with zero attached hydrogens (tertiary/aromatic N) is 1. The standard InChI is InChI=1S/C21H24N2O5S/c1-15-7-3-4-9-17(15)12-22-20(24)14-28-21(25)19-11-16-8-5-6-10-18(16)13-23(19)29(2,26)27/h3-10,19H,11-14H2,1-2H3,(H,22,24)/t19-/m0/s1. The summed E-state index contributed by atoms with van der Waals surface area (Å²) in [6.07, 6.45) is 1.28. The molecule has 8 heteroatoms. The fourth-order valence-electron chi connectivity index (χ4n) is 3.33. The van der Waals surface area contributed by atoms with Crippen molar-refractivity contribution in [3.8, 4) is 0 Å². The van der Waals surface area contributed by atoms with E-state index in [0.717, 1.165) is 32.8 Å². The third-order valence-corrected chi connectivity index (χ3v) is 6.22. The maximum absolute atomic E-state index is 12.6. The lowest BCUT2D eigenvalue weighted by atomic mass is 9.96. The molecule has 29 heavy (non-hydrogen) atoms. The number of hydrogen-bond donors (Lipinski definition) is 1. The van der Waals surface area contributed by atoms with Crippen LogP contribution in [-0.2, 0) is 43.9 Å². The molecule has 0 bridgehead atoms. The third kappa shape index (κ3) is 5.21. The van der Waals surface area contributed by atoms with E-state index in [1.807, 2.05) is 55.5 Å². The van der Waals surface area contributed by atoms with Gasteiger partial charge in [-0.2, -0.15) is 4.31 Å². The Morgan fingerprint density at radius 1 is 1.10 bits per heavy atom. The van der Waals surface area contributed by atoms with E-state index < -0.39 is 34.5 Å². The molecule has 1 heterocycles. The topological polar surface area (TPSA) is 92.8 Å². The molecule has 1 atom stereocenters. The number of ether oxygens (including phenoxy) is 1. The highest BCUT2D eigenvalue weighted by Gasteiger charge is 2.38. The first kappa shape index (κ1) is 21.0. The minimum absolute atomic E-state index is 0.105. The van der Waals surface area contributed by atoms with Crippen molar-refractivity contribution < 1.29 is 22.7 Å². The molecule has 0 spiro atoms. The summed E-state index contributed by atoms with van der Waals surface area (Å²) in [6.45, 7) is 1.92. The van der Waals surface area contributed by atoms with E-state index in [9.17, 15) is 18.0 Å². The first-order valence-corrected chi connectivity index (χ1v) is 11.1. The molecular formula is C21H24N2O5S. The molecule has 0 saturated carbocycles. The van der Waals surface area contributed by atoms with Gasteiger partial charge >= 0.3 is 5.97 Å². The zero-order valence-corrected chi connectivity index (χ0v) is 17.2. The first-order chi connectivity index (χ1) is 13.8. The quantitative estimate of drug-likeness (QED) is 0.721. The molecule has 1 aliphatic heterocycles. The van der Waals surface area contributed by atoms with Crippen molar-refractivity contribution in [1.29, 1.82) is 0 Å². The van der Waals surface area contributed by atoms with E-state index in [4.69, 9.17) is 4.74 Å². The zero-order chi connectivity index (χ0) is 21.0. The normalized spacial score (nSPS) is 16.7. The molecule has 0 saturated heterocycles. The summed E-state index contributed by atoms with van der Waals surface area (Å²) in [5.74, 6) is -1.17. The van der Waals surface area contributed by atoms with Crippen molar-refractivity contribution in [1.82, 2.24) is 9.62 Å². The van der Waals surface area contributed by atoms with Crippen LogP contribution in [0.3, 0.4) is 0 Å². The smallest absolute Gasteiger partial charge is 0.325 e. The van der Waals surface area contributed by atoms with Crippen LogP contribution >= 0.6 is 0 Å². The molecule has 0 radical (unpaired) electrons. The predicted octanol–water partition coefficient (Wildman–Crippen LogP) is 1.54. The number of benzene rings is 2. The number of sulfonamides is 1. The van der Waals surface area contributed by atoms with Gasteiger partial charge in [0.25, 0.3) is 5.91 Å². The van der Waals surface area contributed by atoms with E-state index in [0.29, 0.717) is 6.54 Å². The minimum atomic E-state index is -3.62. The Labute approximate surface area is 170 Å². The number of rotatable bonds is 6. The van der Waals surface area contributed by atoms with E-state index in [2.05, 4.69) is 5.32 Å². The Balaban J connectivity index is 1.61. The van der Waals surface area contributed by atoms with Gasteiger partial charge < -0.3 is 10.1 Å². The number of nitrogens with one attached hydrogen (secondary N) is 1. The molecule has 154 valence electrons. The predicted molar refractivity (Wildman–Crippen MR) is 108 cm³/mol. The fourth-order valence-corrected chi connectivity index (χ4v) is 4.33. The molecule has 2 aromatic rings.